The summed E-state index contributed by atoms with van der Waals surface area (Å²) in [5, 5.41) is 5.77. The summed E-state index contributed by atoms with van der Waals surface area (Å²) in [7, 11) is 0. The van der Waals surface area contributed by atoms with E-state index in [1.54, 1.807) is 43.3 Å². The molecule has 0 aliphatic carbocycles. The second kappa shape index (κ2) is 9.83. The third-order valence-corrected chi connectivity index (χ3v) is 5.23. The highest BCUT2D eigenvalue weighted by atomic mass is 35.5. The van der Waals surface area contributed by atoms with Gasteiger partial charge in [0.1, 0.15) is 19.8 Å². The largest absolute Gasteiger partial charge is 0.486 e. The van der Waals surface area contributed by atoms with Crippen LogP contribution in [-0.4, -0.2) is 44.4 Å². The van der Waals surface area contributed by atoms with Crippen molar-refractivity contribution < 1.29 is 33.3 Å². The molecular formula is C23H21ClN2O7. The van der Waals surface area contributed by atoms with E-state index in [1.807, 2.05) is 0 Å². The van der Waals surface area contributed by atoms with E-state index in [0.717, 1.165) is 0 Å². The van der Waals surface area contributed by atoms with Crippen molar-refractivity contribution >= 4 is 29.6 Å². The molecule has 2 amide bonds. The van der Waals surface area contributed by atoms with Crippen molar-refractivity contribution in [3.8, 4) is 11.5 Å². The lowest BCUT2D eigenvalue weighted by Gasteiger charge is -2.29. The fourth-order valence-electron chi connectivity index (χ4n) is 3.48. The molecule has 9 nitrogen and oxygen atoms in total. The second-order valence-electron chi connectivity index (χ2n) is 7.13. The highest BCUT2D eigenvalue weighted by Crippen LogP contribution is 2.32. The van der Waals surface area contributed by atoms with Crippen LogP contribution in [0.4, 0.5) is 4.79 Å². The lowest BCUT2D eigenvalue weighted by Crippen LogP contribution is -2.47. The average Bonchev–Trinajstić information content (AvgIpc) is 2.82. The van der Waals surface area contributed by atoms with Gasteiger partial charge in [-0.15, -0.1) is 0 Å². The number of hydrogen-bond acceptors (Lipinski definition) is 7. The number of benzene rings is 2. The fraction of sp³-hybridized carbons (Fsp3) is 0.261. The van der Waals surface area contributed by atoms with Crippen LogP contribution in [0.1, 0.15) is 28.9 Å². The van der Waals surface area contributed by atoms with Gasteiger partial charge < -0.3 is 29.6 Å². The summed E-state index contributed by atoms with van der Waals surface area (Å²) < 4.78 is 21.5. The molecular weight excluding hydrogens is 452 g/mol. The Labute approximate surface area is 194 Å². The minimum absolute atomic E-state index is 0.128. The highest BCUT2D eigenvalue weighted by Gasteiger charge is 2.34. The molecule has 33 heavy (non-hydrogen) atoms. The molecule has 4 rings (SSSR count). The van der Waals surface area contributed by atoms with Gasteiger partial charge in [0.2, 0.25) is 0 Å². The Bertz CT molecular complexity index is 1110. The molecule has 2 N–H and O–H groups in total. The molecule has 2 aliphatic heterocycles. The SMILES string of the molecule is CCOC(=O)C1=C(COC(=O)c2ccc3c(c2)OCCO3)NC(=O)N[C@H]1c1ccc(Cl)cc1. The van der Waals surface area contributed by atoms with Gasteiger partial charge in [0.05, 0.1) is 29.5 Å². The number of rotatable bonds is 6. The molecule has 0 unspecified atom stereocenters. The maximum atomic E-state index is 12.8. The summed E-state index contributed by atoms with van der Waals surface area (Å²) in [5.41, 5.74) is 1.12. The summed E-state index contributed by atoms with van der Waals surface area (Å²) >= 11 is 5.97. The maximum Gasteiger partial charge on any atom is 0.338 e. The van der Waals surface area contributed by atoms with Crippen LogP contribution in [-0.2, 0) is 14.3 Å². The van der Waals surface area contributed by atoms with Crippen molar-refractivity contribution in [1.82, 2.24) is 10.6 Å². The third kappa shape index (κ3) is 5.04. The number of urea groups is 1. The van der Waals surface area contributed by atoms with E-state index in [4.69, 9.17) is 30.5 Å². The van der Waals surface area contributed by atoms with Gasteiger partial charge in [0.15, 0.2) is 11.5 Å². The van der Waals surface area contributed by atoms with Crippen LogP contribution in [0.2, 0.25) is 5.02 Å². The summed E-state index contributed by atoms with van der Waals surface area (Å²) in [6, 6.07) is 10.0. The highest BCUT2D eigenvalue weighted by molar-refractivity contribution is 6.30. The number of halogens is 1. The molecule has 0 spiro atoms. The van der Waals surface area contributed by atoms with Crippen LogP contribution in [0.3, 0.4) is 0 Å². The summed E-state index contributed by atoms with van der Waals surface area (Å²) in [6.45, 7) is 2.27. The van der Waals surface area contributed by atoms with Gasteiger partial charge in [-0.25, -0.2) is 14.4 Å². The molecule has 0 saturated heterocycles. The molecule has 2 aliphatic rings. The molecule has 0 aromatic heterocycles. The zero-order valence-electron chi connectivity index (χ0n) is 17.7. The van der Waals surface area contributed by atoms with Crippen molar-refractivity contribution in [3.63, 3.8) is 0 Å². The fourth-order valence-corrected chi connectivity index (χ4v) is 3.60. The lowest BCUT2D eigenvalue weighted by atomic mass is 9.95. The van der Waals surface area contributed by atoms with Gasteiger partial charge in [-0.1, -0.05) is 23.7 Å². The van der Waals surface area contributed by atoms with Crippen LogP contribution in [0, 0.1) is 0 Å². The minimum Gasteiger partial charge on any atom is -0.486 e. The molecule has 172 valence electrons. The Kier molecular flexibility index (Phi) is 6.69. The van der Waals surface area contributed by atoms with E-state index in [-0.39, 0.29) is 30.0 Å². The molecule has 0 radical (unpaired) electrons. The van der Waals surface area contributed by atoms with Crippen LogP contribution in [0.25, 0.3) is 0 Å². The first-order valence-electron chi connectivity index (χ1n) is 10.3. The van der Waals surface area contributed by atoms with Gasteiger partial charge in [-0.2, -0.15) is 0 Å². The maximum absolute atomic E-state index is 12.8. The van der Waals surface area contributed by atoms with E-state index in [0.29, 0.717) is 35.3 Å². The first-order chi connectivity index (χ1) is 16.0. The molecule has 10 heteroatoms. The lowest BCUT2D eigenvalue weighted by molar-refractivity contribution is -0.139. The molecule has 2 aromatic carbocycles. The number of ether oxygens (including phenoxy) is 4. The van der Waals surface area contributed by atoms with Gasteiger partial charge >= 0.3 is 18.0 Å². The van der Waals surface area contributed by atoms with E-state index in [2.05, 4.69) is 10.6 Å². The number of carbonyl (C=O) groups is 3. The molecule has 1 atom stereocenters. The number of carbonyl (C=O) groups excluding carboxylic acids is 3. The van der Waals surface area contributed by atoms with Crippen LogP contribution >= 0.6 is 11.6 Å². The first-order valence-corrected chi connectivity index (χ1v) is 10.6. The Morgan fingerprint density at radius 2 is 1.76 bits per heavy atom. The number of fused-ring (bicyclic) bond motifs is 1. The zero-order valence-corrected chi connectivity index (χ0v) is 18.4. The second-order valence-corrected chi connectivity index (χ2v) is 7.57. The van der Waals surface area contributed by atoms with E-state index >= 15 is 0 Å². The number of hydrogen-bond donors (Lipinski definition) is 2. The minimum atomic E-state index is -0.807. The van der Waals surface area contributed by atoms with Crippen LogP contribution in [0.5, 0.6) is 11.5 Å². The quantitative estimate of drug-likeness (QED) is 0.621. The number of amides is 2. The zero-order chi connectivity index (χ0) is 23.4. The van der Waals surface area contributed by atoms with E-state index < -0.39 is 24.0 Å². The van der Waals surface area contributed by atoms with E-state index in [9.17, 15) is 14.4 Å². The normalized spacial score (nSPS) is 17.0. The van der Waals surface area contributed by atoms with Gasteiger partial charge in [-0.05, 0) is 42.8 Å². The molecule has 2 heterocycles. The summed E-state index contributed by atoms with van der Waals surface area (Å²) in [5.74, 6) is -0.310. The molecule has 2 aromatic rings. The van der Waals surface area contributed by atoms with Crippen molar-refractivity contribution in [1.29, 1.82) is 0 Å². The monoisotopic (exact) mass is 472 g/mol. The predicted molar refractivity (Wildman–Crippen MR) is 117 cm³/mol. The van der Waals surface area contributed by atoms with Gasteiger partial charge in [0.25, 0.3) is 0 Å². The van der Waals surface area contributed by atoms with Crippen molar-refractivity contribution in [2.24, 2.45) is 0 Å². The van der Waals surface area contributed by atoms with Crippen molar-refractivity contribution in [2.75, 3.05) is 26.4 Å². The topological polar surface area (TPSA) is 112 Å². The Morgan fingerprint density at radius 1 is 1.03 bits per heavy atom. The first kappa shape index (κ1) is 22.5. The number of nitrogens with one attached hydrogen (secondary N) is 2. The predicted octanol–water partition coefficient (Wildman–Crippen LogP) is 3.14. The Hall–Kier alpha value is -3.72. The van der Waals surface area contributed by atoms with Crippen LogP contribution < -0.4 is 20.1 Å². The third-order valence-electron chi connectivity index (χ3n) is 4.98. The standard InChI is InChI=1S/C23H21ClN2O7/c1-2-30-22(28)19-16(25-23(29)26-20(19)13-3-6-15(24)7-4-13)12-33-21(27)14-5-8-17-18(11-14)32-10-9-31-17/h3-8,11,20H,2,9-10,12H2,1H3,(H2,25,26,29)/t20-/m0/s1. The average molecular weight is 473 g/mol. The molecule has 0 fully saturated rings. The van der Waals surface area contributed by atoms with E-state index in [1.165, 1.54) is 6.07 Å². The van der Waals surface area contributed by atoms with Gasteiger partial charge in [0, 0.05) is 5.02 Å². The van der Waals surface area contributed by atoms with Crippen molar-refractivity contribution in [2.45, 2.75) is 13.0 Å². The molecule has 0 saturated carbocycles. The molecule has 0 bridgehead atoms. The van der Waals surface area contributed by atoms with Crippen molar-refractivity contribution in [3.05, 3.63) is 69.9 Å². The smallest absolute Gasteiger partial charge is 0.338 e. The van der Waals surface area contributed by atoms with Gasteiger partial charge in [-0.3, -0.25) is 0 Å². The summed E-state index contributed by atoms with van der Waals surface area (Å²) in [4.78, 5) is 37.7. The number of esters is 2. The Morgan fingerprint density at radius 3 is 2.48 bits per heavy atom. The Balaban J connectivity index is 1.60. The van der Waals surface area contributed by atoms with Crippen LogP contribution in [0.15, 0.2) is 53.7 Å². The summed E-state index contributed by atoms with van der Waals surface area (Å²) in [6.07, 6.45) is 0.